The average Bonchev–Trinajstić information content (AvgIpc) is 2.67. The van der Waals surface area contributed by atoms with Gasteiger partial charge < -0.3 is 0 Å². The fourth-order valence-electron chi connectivity index (χ4n) is 2.22. The van der Waals surface area contributed by atoms with Crippen LogP contribution in [0.4, 0.5) is 0 Å². The van der Waals surface area contributed by atoms with Crippen LogP contribution in [-0.2, 0) is 0 Å². The highest BCUT2D eigenvalue weighted by Crippen LogP contribution is 2.32. The minimum atomic E-state index is 0.411. The summed E-state index contributed by atoms with van der Waals surface area (Å²) >= 11 is 0. The van der Waals surface area contributed by atoms with Crippen molar-refractivity contribution in [1.29, 1.82) is 0 Å². The predicted molar refractivity (Wildman–Crippen MR) is 125 cm³/mol. The first kappa shape index (κ1) is 24.9. The van der Waals surface area contributed by atoms with Gasteiger partial charge in [0.2, 0.25) is 0 Å². The van der Waals surface area contributed by atoms with Gasteiger partial charge in [0.1, 0.15) is 0 Å². The Morgan fingerprint density at radius 2 is 1.41 bits per heavy atom. The largest absolute Gasteiger partial charge is 0.0919 e. The molecule has 0 N–H and O–H groups in total. The Bertz CT molecular complexity index is 630. The van der Waals surface area contributed by atoms with Crippen LogP contribution in [0.5, 0.6) is 0 Å². The monoisotopic (exact) mass is 364 g/mol. The minimum Gasteiger partial charge on any atom is -0.0919 e. The maximum absolute atomic E-state index is 2.28. The molecule has 1 aromatic carbocycles. The lowest BCUT2D eigenvalue weighted by atomic mass is 9.79. The van der Waals surface area contributed by atoms with E-state index in [-0.39, 0.29) is 0 Å². The van der Waals surface area contributed by atoms with E-state index < -0.39 is 0 Å². The molecule has 3 rings (SSSR count). The molecule has 0 heteroatoms. The Hall–Kier alpha value is -2.08. The summed E-state index contributed by atoms with van der Waals surface area (Å²) in [4.78, 5) is 0. The molecule has 2 aliphatic carbocycles. The van der Waals surface area contributed by atoms with Crippen LogP contribution >= 0.6 is 0 Å². The maximum atomic E-state index is 2.28. The van der Waals surface area contributed by atoms with Crippen LogP contribution in [0.3, 0.4) is 0 Å². The molecule has 0 spiro atoms. The van der Waals surface area contributed by atoms with Crippen LogP contribution in [-0.4, -0.2) is 0 Å². The summed E-state index contributed by atoms with van der Waals surface area (Å²) in [7, 11) is 0. The van der Waals surface area contributed by atoms with Gasteiger partial charge in [-0.15, -0.1) is 0 Å². The van der Waals surface area contributed by atoms with Crippen molar-refractivity contribution in [2.75, 3.05) is 0 Å². The fraction of sp³-hybridized carbons (Fsp3) is 0.407. The Balaban J connectivity index is 0.000000346. The van der Waals surface area contributed by atoms with E-state index in [1.165, 1.54) is 36.0 Å². The zero-order chi connectivity index (χ0) is 20.5. The van der Waals surface area contributed by atoms with E-state index in [4.69, 9.17) is 0 Å². The van der Waals surface area contributed by atoms with Crippen LogP contribution in [0.15, 0.2) is 90.1 Å². The van der Waals surface area contributed by atoms with Crippen molar-refractivity contribution in [3.63, 3.8) is 0 Å². The van der Waals surface area contributed by atoms with Crippen molar-refractivity contribution >= 4 is 0 Å². The predicted octanol–water partition coefficient (Wildman–Crippen LogP) is 8.78. The van der Waals surface area contributed by atoms with E-state index in [1.54, 1.807) is 0 Å². The quantitative estimate of drug-likeness (QED) is 0.403. The zero-order valence-corrected chi connectivity index (χ0v) is 18.6. The summed E-state index contributed by atoms with van der Waals surface area (Å²) in [6, 6.07) is 10.3. The molecule has 27 heavy (non-hydrogen) atoms. The molecule has 0 saturated heterocycles. The normalized spacial score (nSPS) is 16.6. The van der Waals surface area contributed by atoms with Crippen molar-refractivity contribution in [1.82, 2.24) is 0 Å². The first-order valence-electron chi connectivity index (χ1n) is 10.1. The standard InChI is InChI=1S/C9H14.C7H10.C7H8.C4H8/c1-8-6-4-5-7-9(8,2)3;2*1-7-5-3-2-4-6-7;1-3-4-2/h4-6H,7H2,1-3H3;2-3,5H,4,6H2,1H3;2-6H,1H3;3-4H,1-2H3. The summed E-state index contributed by atoms with van der Waals surface area (Å²) in [5.41, 5.74) is 4.73. The van der Waals surface area contributed by atoms with Crippen LogP contribution < -0.4 is 0 Å². The number of benzene rings is 1. The Kier molecular flexibility index (Phi) is 13.9. The van der Waals surface area contributed by atoms with Gasteiger partial charge in [0.25, 0.3) is 0 Å². The molecule has 2 aliphatic rings. The summed E-state index contributed by atoms with van der Waals surface area (Å²) < 4.78 is 0. The smallest absolute Gasteiger partial charge is 0.0110 e. The molecule has 0 saturated carbocycles. The van der Waals surface area contributed by atoms with Crippen LogP contribution in [0.2, 0.25) is 0 Å². The highest BCUT2D eigenvalue weighted by Gasteiger charge is 2.19. The highest BCUT2D eigenvalue weighted by atomic mass is 14.2. The van der Waals surface area contributed by atoms with E-state index in [9.17, 15) is 0 Å². The molecule has 0 unspecified atom stereocenters. The van der Waals surface area contributed by atoms with E-state index in [2.05, 4.69) is 83.2 Å². The Morgan fingerprint density at radius 3 is 1.67 bits per heavy atom. The number of rotatable bonds is 0. The lowest BCUT2D eigenvalue weighted by Crippen LogP contribution is -2.13. The van der Waals surface area contributed by atoms with Crippen molar-refractivity contribution < 1.29 is 0 Å². The second kappa shape index (κ2) is 15.0. The van der Waals surface area contributed by atoms with E-state index in [0.29, 0.717) is 5.41 Å². The molecular formula is C27H40. The summed E-state index contributed by atoms with van der Waals surface area (Å²) in [5.74, 6) is 0. The van der Waals surface area contributed by atoms with E-state index >= 15 is 0 Å². The molecule has 0 aromatic heterocycles. The summed E-state index contributed by atoms with van der Waals surface area (Å²) in [6.07, 6.45) is 20.8. The van der Waals surface area contributed by atoms with Gasteiger partial charge in [0.05, 0.1) is 0 Å². The van der Waals surface area contributed by atoms with Gasteiger partial charge >= 0.3 is 0 Å². The molecule has 0 amide bonds. The lowest BCUT2D eigenvalue weighted by molar-refractivity contribution is 0.449. The SMILES string of the molecule is CC1=CC=CCC1.CC1=CC=CCC1(C)C.CC=CC.Cc1ccccc1. The average molecular weight is 365 g/mol. The topological polar surface area (TPSA) is 0 Å². The van der Waals surface area contributed by atoms with Gasteiger partial charge in [-0.1, -0.05) is 109 Å². The van der Waals surface area contributed by atoms with Gasteiger partial charge in [0, 0.05) is 0 Å². The molecule has 0 aliphatic heterocycles. The maximum Gasteiger partial charge on any atom is -0.0110 e. The van der Waals surface area contributed by atoms with Crippen LogP contribution in [0, 0.1) is 12.3 Å². The number of hydrogen-bond donors (Lipinski definition) is 0. The third kappa shape index (κ3) is 13.7. The molecule has 0 atom stereocenters. The second-order valence-electron chi connectivity index (χ2n) is 7.67. The molecule has 148 valence electrons. The lowest BCUT2D eigenvalue weighted by Gasteiger charge is -2.26. The van der Waals surface area contributed by atoms with E-state index in [0.717, 1.165) is 0 Å². The first-order chi connectivity index (χ1) is 12.8. The summed E-state index contributed by atoms with van der Waals surface area (Å²) in [5, 5.41) is 0. The molecule has 0 heterocycles. The number of hydrogen-bond acceptors (Lipinski definition) is 0. The zero-order valence-electron chi connectivity index (χ0n) is 18.6. The first-order valence-corrected chi connectivity index (χ1v) is 10.1. The van der Waals surface area contributed by atoms with Gasteiger partial charge in [-0.3, -0.25) is 0 Å². The van der Waals surface area contributed by atoms with E-state index in [1.807, 2.05) is 44.2 Å². The van der Waals surface area contributed by atoms with Crippen molar-refractivity contribution in [2.24, 2.45) is 5.41 Å². The van der Waals surface area contributed by atoms with Crippen LogP contribution in [0.1, 0.15) is 66.4 Å². The number of allylic oxidation sites excluding steroid dienone is 10. The van der Waals surface area contributed by atoms with Crippen molar-refractivity contribution in [3.8, 4) is 0 Å². The molecule has 0 fully saturated rings. The highest BCUT2D eigenvalue weighted by molar-refractivity contribution is 5.22. The van der Waals surface area contributed by atoms with Gasteiger partial charge in [0.15, 0.2) is 0 Å². The molecule has 0 radical (unpaired) electrons. The van der Waals surface area contributed by atoms with Crippen LogP contribution in [0.25, 0.3) is 0 Å². The second-order valence-corrected chi connectivity index (χ2v) is 7.67. The molecule has 0 bridgehead atoms. The van der Waals surface area contributed by atoms with Gasteiger partial charge in [-0.25, -0.2) is 0 Å². The number of aryl methyl sites for hydroxylation is 1. The minimum absolute atomic E-state index is 0.411. The van der Waals surface area contributed by atoms with Gasteiger partial charge in [-0.05, 0) is 59.3 Å². The molecule has 1 aromatic rings. The fourth-order valence-corrected chi connectivity index (χ4v) is 2.22. The third-order valence-electron chi connectivity index (χ3n) is 4.67. The summed E-state index contributed by atoms with van der Waals surface area (Å²) in [6.45, 7) is 15.0. The van der Waals surface area contributed by atoms with Crippen molar-refractivity contribution in [2.45, 2.75) is 67.7 Å². The Morgan fingerprint density at radius 1 is 0.815 bits per heavy atom. The third-order valence-corrected chi connectivity index (χ3v) is 4.67. The van der Waals surface area contributed by atoms with Crippen molar-refractivity contribution in [3.05, 3.63) is 95.6 Å². The molecular weight excluding hydrogens is 324 g/mol. The molecule has 0 nitrogen and oxygen atoms in total. The van der Waals surface area contributed by atoms with Gasteiger partial charge in [-0.2, -0.15) is 0 Å². The Labute approximate surface area is 169 Å².